The van der Waals surface area contributed by atoms with Gasteiger partial charge in [0, 0.05) is 10.9 Å². The molecule has 0 unspecified atom stereocenters. The highest BCUT2D eigenvalue weighted by Crippen LogP contribution is 2.24. The second-order valence-corrected chi connectivity index (χ2v) is 6.82. The number of H-pyrrole nitrogens is 1. The number of nitriles is 2. The number of amides is 1. The van der Waals surface area contributed by atoms with E-state index in [0.29, 0.717) is 22.5 Å². The number of nitrogens with one attached hydrogen (secondary N) is 2. The van der Waals surface area contributed by atoms with Gasteiger partial charge in [-0.3, -0.25) is 14.6 Å². The van der Waals surface area contributed by atoms with E-state index in [-0.39, 0.29) is 28.6 Å². The van der Waals surface area contributed by atoms with Crippen LogP contribution < -0.4 is 10.9 Å². The average molecular weight is 404 g/mol. The van der Waals surface area contributed by atoms with Crippen molar-refractivity contribution in [2.75, 3.05) is 0 Å². The summed E-state index contributed by atoms with van der Waals surface area (Å²) in [5, 5.41) is 21.2. The molecule has 0 radical (unpaired) electrons. The first-order valence-corrected chi connectivity index (χ1v) is 9.03. The molecule has 0 fully saturated rings. The van der Waals surface area contributed by atoms with Gasteiger partial charge in [0.15, 0.2) is 5.69 Å². The first-order chi connectivity index (χ1) is 14.3. The van der Waals surface area contributed by atoms with Crippen molar-refractivity contribution in [2.45, 2.75) is 33.2 Å². The van der Waals surface area contributed by atoms with Crippen LogP contribution in [0.3, 0.4) is 0 Å². The monoisotopic (exact) mass is 404 g/mol. The minimum atomic E-state index is -0.695. The smallest absolute Gasteiger partial charge is 0.252 e. The number of hydrogen-bond acceptors (Lipinski definition) is 6. The number of fused-ring (bicyclic) bond motifs is 1. The van der Waals surface area contributed by atoms with Crippen LogP contribution in [0, 0.1) is 42.3 Å². The lowest BCUT2D eigenvalue weighted by atomic mass is 9.98. The first-order valence-electron chi connectivity index (χ1n) is 9.03. The van der Waals surface area contributed by atoms with Crippen molar-refractivity contribution in [1.29, 1.82) is 10.5 Å². The Labute approximate surface area is 171 Å². The largest absolute Gasteiger partial charge is 0.348 e. The molecule has 1 amide bonds. The predicted molar refractivity (Wildman–Crippen MR) is 106 cm³/mol. The molecule has 9 heteroatoms. The number of benzene rings is 1. The standard InChI is InChI=1S/C21H17FN6O2/c1-10-14(21(30)28-17-5-4-16(22)15(8-24)19(10)17)6-18(29)27-12(3)20-11(2)26-13(7-23)9-25-20/h4-5,9,12H,6H2,1-3H3,(H,27,29)(H,28,30)/t12-/m1/s1. The van der Waals surface area contributed by atoms with Crippen LogP contribution in [-0.4, -0.2) is 20.9 Å². The van der Waals surface area contributed by atoms with Crippen molar-refractivity contribution in [2.24, 2.45) is 0 Å². The van der Waals surface area contributed by atoms with E-state index in [1.807, 2.05) is 12.1 Å². The Kier molecular flexibility index (Phi) is 5.56. The summed E-state index contributed by atoms with van der Waals surface area (Å²) in [4.78, 5) is 36.0. The van der Waals surface area contributed by atoms with Gasteiger partial charge in [-0.2, -0.15) is 10.5 Å². The number of carbonyl (C=O) groups is 1. The summed E-state index contributed by atoms with van der Waals surface area (Å²) >= 11 is 0. The normalized spacial score (nSPS) is 11.5. The Morgan fingerprint density at radius 1 is 1.30 bits per heavy atom. The van der Waals surface area contributed by atoms with Crippen LogP contribution in [-0.2, 0) is 11.2 Å². The molecule has 0 spiro atoms. The third kappa shape index (κ3) is 3.74. The maximum absolute atomic E-state index is 14.0. The molecule has 1 aromatic carbocycles. The second kappa shape index (κ2) is 8.10. The maximum atomic E-state index is 14.0. The van der Waals surface area contributed by atoms with Gasteiger partial charge in [-0.15, -0.1) is 0 Å². The molecule has 2 heterocycles. The van der Waals surface area contributed by atoms with Crippen molar-refractivity contribution >= 4 is 16.8 Å². The van der Waals surface area contributed by atoms with Crippen molar-refractivity contribution in [3.05, 3.63) is 68.3 Å². The highest BCUT2D eigenvalue weighted by atomic mass is 19.1. The second-order valence-electron chi connectivity index (χ2n) is 6.82. The molecule has 3 rings (SSSR count). The summed E-state index contributed by atoms with van der Waals surface area (Å²) in [6, 6.07) is 5.71. The predicted octanol–water partition coefficient (Wildman–Crippen LogP) is 2.24. The van der Waals surface area contributed by atoms with E-state index in [4.69, 9.17) is 5.26 Å². The number of rotatable bonds is 4. The number of halogens is 1. The van der Waals surface area contributed by atoms with Crippen molar-refractivity contribution in [1.82, 2.24) is 20.3 Å². The molecule has 150 valence electrons. The highest BCUT2D eigenvalue weighted by molar-refractivity contribution is 5.90. The van der Waals surface area contributed by atoms with Gasteiger partial charge in [-0.1, -0.05) is 0 Å². The van der Waals surface area contributed by atoms with Gasteiger partial charge in [-0.05, 0) is 38.5 Å². The molecule has 2 aromatic heterocycles. The topological polar surface area (TPSA) is 135 Å². The molecular weight excluding hydrogens is 387 g/mol. The van der Waals surface area contributed by atoms with Gasteiger partial charge in [0.1, 0.15) is 18.0 Å². The van der Waals surface area contributed by atoms with Crippen molar-refractivity contribution in [3.8, 4) is 12.1 Å². The molecule has 0 saturated heterocycles. The third-order valence-corrected chi connectivity index (χ3v) is 4.84. The lowest BCUT2D eigenvalue weighted by molar-refractivity contribution is -0.121. The summed E-state index contributed by atoms with van der Waals surface area (Å²) in [7, 11) is 0. The van der Waals surface area contributed by atoms with Gasteiger partial charge in [0.25, 0.3) is 5.56 Å². The number of aryl methyl sites for hydroxylation is 2. The zero-order valence-corrected chi connectivity index (χ0v) is 16.5. The molecule has 0 bridgehead atoms. The van der Waals surface area contributed by atoms with E-state index >= 15 is 0 Å². The number of aromatic nitrogens is 3. The molecule has 3 aromatic rings. The Hall–Kier alpha value is -4.11. The molecule has 0 aliphatic carbocycles. The Morgan fingerprint density at radius 3 is 2.67 bits per heavy atom. The first kappa shape index (κ1) is 20.6. The number of pyridine rings is 1. The van der Waals surface area contributed by atoms with E-state index in [0.717, 1.165) is 6.07 Å². The Bertz CT molecular complexity index is 1320. The van der Waals surface area contributed by atoms with Crippen molar-refractivity contribution in [3.63, 3.8) is 0 Å². The van der Waals surface area contributed by atoms with Gasteiger partial charge in [-0.25, -0.2) is 9.37 Å². The number of aromatic amines is 1. The number of hydrogen-bond donors (Lipinski definition) is 2. The van der Waals surface area contributed by atoms with Gasteiger partial charge in [0.2, 0.25) is 5.91 Å². The van der Waals surface area contributed by atoms with E-state index in [1.165, 1.54) is 12.3 Å². The minimum absolute atomic E-state index is 0.150. The molecule has 0 saturated carbocycles. The summed E-state index contributed by atoms with van der Waals surface area (Å²) in [6.45, 7) is 4.98. The fraction of sp³-hybridized carbons (Fsp3) is 0.238. The molecule has 2 N–H and O–H groups in total. The minimum Gasteiger partial charge on any atom is -0.348 e. The Morgan fingerprint density at radius 2 is 2.03 bits per heavy atom. The summed E-state index contributed by atoms with van der Waals surface area (Å²) < 4.78 is 14.0. The van der Waals surface area contributed by atoms with E-state index in [2.05, 4.69) is 20.3 Å². The van der Waals surface area contributed by atoms with Crippen LogP contribution in [0.5, 0.6) is 0 Å². The maximum Gasteiger partial charge on any atom is 0.252 e. The number of nitrogens with zero attached hydrogens (tertiary/aromatic N) is 4. The summed E-state index contributed by atoms with van der Waals surface area (Å²) in [6.07, 6.45) is 1.06. The fourth-order valence-corrected chi connectivity index (χ4v) is 3.40. The third-order valence-electron chi connectivity index (χ3n) is 4.84. The van der Waals surface area contributed by atoms with E-state index < -0.39 is 23.3 Å². The molecule has 1 atom stereocenters. The zero-order chi connectivity index (χ0) is 22.0. The van der Waals surface area contributed by atoms with E-state index in [9.17, 15) is 19.2 Å². The van der Waals surface area contributed by atoms with Crippen molar-refractivity contribution < 1.29 is 9.18 Å². The van der Waals surface area contributed by atoms with Crippen LogP contribution in [0.4, 0.5) is 4.39 Å². The quantitative estimate of drug-likeness (QED) is 0.684. The molecular formula is C21H17FN6O2. The fourth-order valence-electron chi connectivity index (χ4n) is 3.40. The SMILES string of the molecule is Cc1nc(C#N)cnc1[C@@H](C)NC(=O)Cc1c(C)c2c(C#N)c(F)ccc2[nH]c1=O. The lowest BCUT2D eigenvalue weighted by Gasteiger charge is -2.16. The molecule has 8 nitrogen and oxygen atoms in total. The zero-order valence-electron chi connectivity index (χ0n) is 16.5. The number of carbonyl (C=O) groups excluding carboxylic acids is 1. The van der Waals surface area contributed by atoms with Gasteiger partial charge >= 0.3 is 0 Å². The van der Waals surface area contributed by atoms with Crippen LogP contribution in [0.1, 0.15) is 46.7 Å². The summed E-state index contributed by atoms with van der Waals surface area (Å²) in [5.74, 6) is -1.14. The molecule has 0 aliphatic rings. The molecule has 30 heavy (non-hydrogen) atoms. The van der Waals surface area contributed by atoms with Gasteiger partial charge < -0.3 is 10.3 Å². The lowest BCUT2D eigenvalue weighted by Crippen LogP contribution is -2.31. The van der Waals surface area contributed by atoms with Crippen LogP contribution in [0.15, 0.2) is 23.1 Å². The van der Waals surface area contributed by atoms with Crippen LogP contribution in [0.25, 0.3) is 10.9 Å². The summed E-state index contributed by atoms with van der Waals surface area (Å²) in [5.41, 5.74) is 1.38. The Balaban J connectivity index is 1.91. The molecule has 0 aliphatic heterocycles. The average Bonchev–Trinajstić information content (AvgIpc) is 2.71. The van der Waals surface area contributed by atoms with Crippen LogP contribution in [0.2, 0.25) is 0 Å². The van der Waals surface area contributed by atoms with E-state index in [1.54, 1.807) is 20.8 Å². The highest BCUT2D eigenvalue weighted by Gasteiger charge is 2.20. The van der Waals surface area contributed by atoms with Gasteiger partial charge in [0.05, 0.1) is 41.1 Å². The van der Waals surface area contributed by atoms with Crippen LogP contribution >= 0.6 is 0 Å².